The van der Waals surface area contributed by atoms with Crippen LogP contribution in [-0.2, 0) is 23.9 Å². The number of aliphatic hydroxyl groups excluding tert-OH is 1. The van der Waals surface area contributed by atoms with Crippen LogP contribution in [0.3, 0.4) is 0 Å². The number of hydrogen-bond donors (Lipinski definition) is 4. The van der Waals surface area contributed by atoms with Crippen molar-refractivity contribution in [2.24, 2.45) is 0 Å². The lowest BCUT2D eigenvalue weighted by Gasteiger charge is -2.18. The number of aliphatic hydroxyl groups is 1. The van der Waals surface area contributed by atoms with Gasteiger partial charge in [0.05, 0.1) is 13.2 Å². The zero-order chi connectivity index (χ0) is 44.0. The molecule has 9 heteroatoms. The van der Waals surface area contributed by atoms with Crippen LogP contribution in [0.4, 0.5) is 0 Å². The Balaban J connectivity index is 4.35. The van der Waals surface area contributed by atoms with E-state index in [4.69, 9.17) is 14.9 Å². The summed E-state index contributed by atoms with van der Waals surface area (Å²) in [6.45, 7) is 3.47. The molecule has 60 heavy (non-hydrogen) atoms. The summed E-state index contributed by atoms with van der Waals surface area (Å²) in [5.41, 5.74) is 0. The third-order valence-electron chi connectivity index (χ3n) is 11.1. The number of allylic oxidation sites excluding steroid dienone is 6. The predicted octanol–water partition coefficient (Wildman–Crippen LogP) is 12.9. The Morgan fingerprint density at radius 3 is 1.40 bits per heavy atom. The first-order chi connectivity index (χ1) is 29.3. The molecule has 2 atom stereocenters. The number of carbonyl (C=O) groups excluding carboxylic acids is 3. The van der Waals surface area contributed by atoms with Crippen LogP contribution >= 0.6 is 0 Å². The molecule has 0 aliphatic carbocycles. The van der Waals surface area contributed by atoms with Gasteiger partial charge >= 0.3 is 11.9 Å². The largest absolute Gasteiger partial charge is 0.480 e. The summed E-state index contributed by atoms with van der Waals surface area (Å²) >= 11 is 0. The fourth-order valence-corrected chi connectivity index (χ4v) is 7.27. The molecular formula is C51H92N2O7. The Hall–Kier alpha value is -2.94. The van der Waals surface area contributed by atoms with Gasteiger partial charge in [-0.2, -0.15) is 0 Å². The van der Waals surface area contributed by atoms with Gasteiger partial charge in [0.25, 0.3) is 0 Å². The minimum absolute atomic E-state index is 0.0330. The number of carbonyl (C=O) groups is 4. The molecular weight excluding hydrogens is 753 g/mol. The van der Waals surface area contributed by atoms with E-state index in [1.165, 1.54) is 128 Å². The first kappa shape index (κ1) is 57.1. The second-order valence-corrected chi connectivity index (χ2v) is 16.9. The second kappa shape index (κ2) is 45.6. The predicted molar refractivity (Wildman–Crippen MR) is 250 cm³/mol. The van der Waals surface area contributed by atoms with Crippen molar-refractivity contribution in [1.29, 1.82) is 0 Å². The molecule has 0 aliphatic rings. The van der Waals surface area contributed by atoms with E-state index >= 15 is 0 Å². The molecule has 4 N–H and O–H groups in total. The van der Waals surface area contributed by atoms with Gasteiger partial charge < -0.3 is 25.6 Å². The molecule has 2 amide bonds. The lowest BCUT2D eigenvalue weighted by Crippen LogP contribution is -2.47. The zero-order valence-electron chi connectivity index (χ0n) is 38.7. The Kier molecular flexibility index (Phi) is 43.4. The molecule has 0 fully saturated rings. The maximum atomic E-state index is 12.9. The molecule has 0 heterocycles. The topological polar surface area (TPSA) is 142 Å². The van der Waals surface area contributed by atoms with Gasteiger partial charge in [-0.3, -0.25) is 14.4 Å². The van der Waals surface area contributed by atoms with Crippen LogP contribution in [0.15, 0.2) is 36.5 Å². The Bertz CT molecular complexity index is 1110. The number of nitrogens with one attached hydrogen (secondary N) is 2. The summed E-state index contributed by atoms with van der Waals surface area (Å²) < 4.78 is 6.05. The number of esters is 1. The zero-order valence-corrected chi connectivity index (χ0v) is 38.7. The first-order valence-electron chi connectivity index (χ1n) is 24.9. The van der Waals surface area contributed by atoms with Gasteiger partial charge in [-0.1, -0.05) is 166 Å². The van der Waals surface area contributed by atoms with Crippen molar-refractivity contribution in [3.8, 4) is 0 Å². The summed E-state index contributed by atoms with van der Waals surface area (Å²) in [5, 5.41) is 22.6. The van der Waals surface area contributed by atoms with E-state index < -0.39 is 24.5 Å². The molecule has 0 saturated carbocycles. The van der Waals surface area contributed by atoms with Crippen molar-refractivity contribution < 1.29 is 34.1 Å². The lowest BCUT2D eigenvalue weighted by atomic mass is 10.0. The molecule has 0 saturated heterocycles. The van der Waals surface area contributed by atoms with Crippen LogP contribution in [0.25, 0.3) is 0 Å². The van der Waals surface area contributed by atoms with Gasteiger partial charge in [0.15, 0.2) is 0 Å². The number of rotatable bonds is 45. The third-order valence-corrected chi connectivity index (χ3v) is 11.1. The summed E-state index contributed by atoms with van der Waals surface area (Å²) in [4.78, 5) is 47.8. The average Bonchev–Trinajstić information content (AvgIpc) is 3.23. The van der Waals surface area contributed by atoms with Crippen molar-refractivity contribution in [3.05, 3.63) is 36.5 Å². The SMILES string of the molecule is CCCCC/C=C\C/C=C\CCCCCCCCCC(=O)OC(CCCCC/C=C\CCCCCCCCCC)CCCCCCCC(=O)NCC(=O)NC(CO)C(=O)O. The molecule has 0 aromatic heterocycles. The second-order valence-electron chi connectivity index (χ2n) is 16.9. The molecule has 0 bridgehead atoms. The lowest BCUT2D eigenvalue weighted by molar-refractivity contribution is -0.150. The van der Waals surface area contributed by atoms with Crippen LogP contribution in [0.2, 0.25) is 0 Å². The fraction of sp³-hybridized carbons (Fsp3) is 0.804. The van der Waals surface area contributed by atoms with Gasteiger partial charge in [0.2, 0.25) is 11.8 Å². The molecule has 0 aromatic carbocycles. The number of unbranched alkanes of at least 4 members (excludes halogenated alkanes) is 25. The number of ether oxygens (including phenoxy) is 1. The third kappa shape index (κ3) is 41.8. The standard InChI is InChI=1S/C51H92N2O7/c1-3-5-7-9-11-13-15-17-19-20-22-24-26-28-30-35-39-43-50(57)60-46(40-36-32-29-27-25-23-21-18-16-14-12-10-8-6-4-2)41-37-33-31-34-38-42-48(55)52-44-49(56)53-47(45-54)51(58)59/h11,13,17,19,23,25,46-47,54H,3-10,12,14-16,18,20-22,24,26-45H2,1-2H3,(H,52,55)(H,53,56)(H,58,59)/b13-11-,19-17-,25-23-. The molecule has 0 radical (unpaired) electrons. The van der Waals surface area contributed by atoms with Gasteiger partial charge in [0, 0.05) is 12.8 Å². The number of carboxylic acids is 1. The van der Waals surface area contributed by atoms with E-state index in [1.54, 1.807) is 0 Å². The molecule has 0 rings (SSSR count). The first-order valence-corrected chi connectivity index (χ1v) is 24.9. The molecule has 348 valence electrons. The van der Waals surface area contributed by atoms with Crippen LogP contribution in [-0.4, -0.2) is 59.3 Å². The monoisotopic (exact) mass is 845 g/mol. The number of amides is 2. The van der Waals surface area contributed by atoms with Crippen LogP contribution in [0, 0.1) is 0 Å². The van der Waals surface area contributed by atoms with E-state index in [0.29, 0.717) is 19.3 Å². The van der Waals surface area contributed by atoms with Crippen molar-refractivity contribution in [2.75, 3.05) is 13.2 Å². The number of aliphatic carboxylic acids is 1. The van der Waals surface area contributed by atoms with Crippen molar-refractivity contribution in [3.63, 3.8) is 0 Å². The van der Waals surface area contributed by atoms with E-state index in [-0.39, 0.29) is 24.5 Å². The molecule has 0 aromatic rings. The highest BCUT2D eigenvalue weighted by Gasteiger charge is 2.19. The Labute approximate surface area is 367 Å². The van der Waals surface area contributed by atoms with Gasteiger partial charge in [0.1, 0.15) is 12.1 Å². The smallest absolute Gasteiger partial charge is 0.328 e. The Morgan fingerprint density at radius 1 is 0.500 bits per heavy atom. The average molecular weight is 845 g/mol. The minimum Gasteiger partial charge on any atom is -0.480 e. The quantitative estimate of drug-likeness (QED) is 0.0272. The normalized spacial score (nSPS) is 12.7. The van der Waals surface area contributed by atoms with E-state index in [9.17, 15) is 19.2 Å². The van der Waals surface area contributed by atoms with E-state index in [0.717, 1.165) is 77.0 Å². The van der Waals surface area contributed by atoms with Crippen molar-refractivity contribution >= 4 is 23.8 Å². The van der Waals surface area contributed by atoms with Crippen LogP contribution < -0.4 is 10.6 Å². The summed E-state index contributed by atoms with van der Waals surface area (Å²) in [6.07, 6.45) is 53.1. The minimum atomic E-state index is -1.38. The van der Waals surface area contributed by atoms with Gasteiger partial charge in [-0.05, 0) is 96.3 Å². The summed E-state index contributed by atoms with van der Waals surface area (Å²) in [6, 6.07) is -1.38. The van der Waals surface area contributed by atoms with Crippen molar-refractivity contribution in [1.82, 2.24) is 10.6 Å². The highest BCUT2D eigenvalue weighted by atomic mass is 16.5. The Morgan fingerprint density at radius 2 is 0.900 bits per heavy atom. The van der Waals surface area contributed by atoms with E-state index in [1.807, 2.05) is 0 Å². The maximum Gasteiger partial charge on any atom is 0.328 e. The maximum absolute atomic E-state index is 12.9. The molecule has 0 aliphatic heterocycles. The van der Waals surface area contributed by atoms with Gasteiger partial charge in [-0.25, -0.2) is 4.79 Å². The molecule has 2 unspecified atom stereocenters. The van der Waals surface area contributed by atoms with Crippen LogP contribution in [0.1, 0.15) is 239 Å². The highest BCUT2D eigenvalue weighted by molar-refractivity contribution is 5.87. The fourth-order valence-electron chi connectivity index (χ4n) is 7.27. The van der Waals surface area contributed by atoms with Gasteiger partial charge in [-0.15, -0.1) is 0 Å². The van der Waals surface area contributed by atoms with E-state index in [2.05, 4.69) is 60.9 Å². The molecule has 9 nitrogen and oxygen atoms in total. The van der Waals surface area contributed by atoms with Crippen LogP contribution in [0.5, 0.6) is 0 Å². The van der Waals surface area contributed by atoms with Crippen molar-refractivity contribution in [2.45, 2.75) is 251 Å². The number of hydrogen-bond acceptors (Lipinski definition) is 6. The highest BCUT2D eigenvalue weighted by Crippen LogP contribution is 2.19. The molecule has 0 spiro atoms. The number of carboxylic acid groups (broad SMARTS) is 1. The summed E-state index contributed by atoms with van der Waals surface area (Å²) in [7, 11) is 0. The summed E-state index contributed by atoms with van der Waals surface area (Å²) in [5.74, 6) is -2.30.